The molecule has 1 aromatic carbocycles. The van der Waals surface area contributed by atoms with Gasteiger partial charge < -0.3 is 10.3 Å². The number of nitrogens with two attached hydrogens (primary N) is 1. The fourth-order valence-electron chi connectivity index (χ4n) is 1.42. The molecule has 0 saturated heterocycles. The maximum absolute atomic E-state index is 11.1. The smallest absolute Gasteiger partial charge is 0.261 e. The third-order valence-electron chi connectivity index (χ3n) is 2.12. The molecule has 18 heavy (non-hydrogen) atoms. The zero-order chi connectivity index (χ0) is 13.3. The van der Waals surface area contributed by atoms with E-state index in [9.17, 15) is 8.42 Å². The first-order valence-electron chi connectivity index (χ1n) is 4.91. The van der Waals surface area contributed by atoms with Gasteiger partial charge in [0.2, 0.25) is 0 Å². The first kappa shape index (κ1) is 12.8. The van der Waals surface area contributed by atoms with Crippen molar-refractivity contribution in [3.05, 3.63) is 29.0 Å². The molecule has 0 amide bonds. The van der Waals surface area contributed by atoms with E-state index < -0.39 is 9.84 Å². The quantitative estimate of drug-likeness (QED) is 0.859. The molecule has 0 unspecified atom stereocenters. The van der Waals surface area contributed by atoms with Crippen LogP contribution in [0.5, 0.6) is 0 Å². The second-order valence-electron chi connectivity index (χ2n) is 3.79. The number of anilines is 1. The van der Waals surface area contributed by atoms with Crippen molar-refractivity contribution >= 4 is 27.1 Å². The molecular weight excluding hydrogens is 278 g/mol. The van der Waals surface area contributed by atoms with Crippen LogP contribution in [0.15, 0.2) is 22.7 Å². The average molecular weight is 288 g/mol. The molecule has 1 heterocycles. The highest BCUT2D eigenvalue weighted by Crippen LogP contribution is 2.31. The van der Waals surface area contributed by atoms with Gasteiger partial charge in [-0.25, -0.2) is 8.42 Å². The molecule has 0 aliphatic heterocycles. The number of nitrogen functional groups attached to an aromatic ring is 1. The molecule has 0 saturated carbocycles. The first-order chi connectivity index (χ1) is 8.37. The molecular formula is C10H10ClN3O3S. The summed E-state index contributed by atoms with van der Waals surface area (Å²) in [6.07, 6.45) is 1.09. The van der Waals surface area contributed by atoms with Crippen molar-refractivity contribution in [2.45, 2.75) is 5.75 Å². The van der Waals surface area contributed by atoms with Gasteiger partial charge in [-0.2, -0.15) is 4.98 Å². The molecule has 0 spiro atoms. The van der Waals surface area contributed by atoms with Gasteiger partial charge in [0, 0.05) is 11.9 Å². The van der Waals surface area contributed by atoms with Gasteiger partial charge in [0.15, 0.2) is 15.7 Å². The van der Waals surface area contributed by atoms with Gasteiger partial charge in [-0.3, -0.25) is 0 Å². The van der Waals surface area contributed by atoms with Crippen molar-refractivity contribution in [3.63, 3.8) is 0 Å². The summed E-state index contributed by atoms with van der Waals surface area (Å²) in [6.45, 7) is 0. The van der Waals surface area contributed by atoms with E-state index in [1.165, 1.54) is 0 Å². The lowest BCUT2D eigenvalue weighted by Gasteiger charge is -2.01. The molecule has 2 rings (SSSR count). The summed E-state index contributed by atoms with van der Waals surface area (Å²) in [5, 5.41) is 3.95. The Kier molecular flexibility index (Phi) is 3.27. The van der Waals surface area contributed by atoms with Crippen LogP contribution in [-0.4, -0.2) is 24.8 Å². The Labute approximate surface area is 109 Å². The van der Waals surface area contributed by atoms with Crippen LogP contribution in [0.2, 0.25) is 5.02 Å². The Morgan fingerprint density at radius 3 is 2.78 bits per heavy atom. The van der Waals surface area contributed by atoms with E-state index in [0.29, 0.717) is 16.3 Å². The minimum Gasteiger partial charge on any atom is -0.398 e. The summed E-state index contributed by atoms with van der Waals surface area (Å²) < 4.78 is 27.2. The van der Waals surface area contributed by atoms with Crippen molar-refractivity contribution in [2.75, 3.05) is 12.0 Å². The van der Waals surface area contributed by atoms with Crippen molar-refractivity contribution < 1.29 is 12.9 Å². The largest absolute Gasteiger partial charge is 0.398 e. The Morgan fingerprint density at radius 1 is 1.44 bits per heavy atom. The predicted molar refractivity (Wildman–Crippen MR) is 67.7 cm³/mol. The molecule has 0 aliphatic carbocycles. The molecule has 2 aromatic rings. The minimum atomic E-state index is -3.22. The number of aromatic nitrogens is 2. The second kappa shape index (κ2) is 4.58. The van der Waals surface area contributed by atoms with Crippen molar-refractivity contribution in [1.82, 2.24) is 10.1 Å². The summed E-state index contributed by atoms with van der Waals surface area (Å²) in [6, 6.07) is 4.96. The molecule has 6 nitrogen and oxygen atoms in total. The molecule has 8 heteroatoms. The van der Waals surface area contributed by atoms with Gasteiger partial charge in [0.25, 0.3) is 5.89 Å². The number of nitrogens with zero attached hydrogens (tertiary/aromatic N) is 2. The number of hydrogen-bond acceptors (Lipinski definition) is 6. The highest BCUT2D eigenvalue weighted by Gasteiger charge is 2.17. The van der Waals surface area contributed by atoms with Crippen LogP contribution >= 0.6 is 11.6 Å². The number of hydrogen-bond donors (Lipinski definition) is 1. The molecule has 1 aromatic heterocycles. The molecule has 0 radical (unpaired) electrons. The molecule has 0 fully saturated rings. The number of rotatable bonds is 3. The lowest BCUT2D eigenvalue weighted by Crippen LogP contribution is -2.02. The first-order valence-corrected chi connectivity index (χ1v) is 7.35. The normalized spacial score (nSPS) is 11.7. The fraction of sp³-hybridized carbons (Fsp3) is 0.200. The Hall–Kier alpha value is -1.60. The van der Waals surface area contributed by atoms with E-state index in [2.05, 4.69) is 10.1 Å². The van der Waals surface area contributed by atoms with E-state index >= 15 is 0 Å². The minimum absolute atomic E-state index is 0.0758. The van der Waals surface area contributed by atoms with E-state index in [1.807, 2.05) is 0 Å². The Morgan fingerprint density at radius 2 is 2.17 bits per heavy atom. The second-order valence-corrected chi connectivity index (χ2v) is 6.34. The highest BCUT2D eigenvalue weighted by molar-refractivity contribution is 7.89. The van der Waals surface area contributed by atoms with E-state index in [4.69, 9.17) is 21.9 Å². The monoisotopic (exact) mass is 287 g/mol. The third kappa shape index (κ3) is 2.80. The van der Waals surface area contributed by atoms with Crippen LogP contribution in [-0.2, 0) is 15.6 Å². The van der Waals surface area contributed by atoms with Gasteiger partial charge >= 0.3 is 0 Å². The predicted octanol–water partition coefficient (Wildman–Crippen LogP) is 1.52. The van der Waals surface area contributed by atoms with Crippen LogP contribution in [0.25, 0.3) is 11.5 Å². The van der Waals surface area contributed by atoms with E-state index in [1.54, 1.807) is 18.2 Å². The van der Waals surface area contributed by atoms with Crippen molar-refractivity contribution in [3.8, 4) is 11.5 Å². The number of halogens is 1. The summed E-state index contributed by atoms with van der Waals surface area (Å²) in [5.41, 5.74) is 6.55. The van der Waals surface area contributed by atoms with Crippen LogP contribution < -0.4 is 5.73 Å². The topological polar surface area (TPSA) is 99.1 Å². The molecule has 2 N–H and O–H groups in total. The summed E-state index contributed by atoms with van der Waals surface area (Å²) in [4.78, 5) is 3.97. The number of benzene rings is 1. The molecule has 0 aliphatic rings. The fourth-order valence-corrected chi connectivity index (χ4v) is 2.26. The van der Waals surface area contributed by atoms with Crippen molar-refractivity contribution in [1.29, 1.82) is 0 Å². The summed E-state index contributed by atoms with van der Waals surface area (Å²) in [5.74, 6) is -0.107. The summed E-state index contributed by atoms with van der Waals surface area (Å²) in [7, 11) is -3.22. The third-order valence-corrected chi connectivity index (χ3v) is 3.22. The highest BCUT2D eigenvalue weighted by atomic mass is 35.5. The summed E-state index contributed by atoms with van der Waals surface area (Å²) >= 11 is 5.98. The lowest BCUT2D eigenvalue weighted by molar-refractivity contribution is 0.424. The van der Waals surface area contributed by atoms with Crippen LogP contribution in [0.1, 0.15) is 5.82 Å². The zero-order valence-corrected chi connectivity index (χ0v) is 11.0. The van der Waals surface area contributed by atoms with E-state index in [0.717, 1.165) is 6.26 Å². The number of sulfone groups is 1. The standard InChI is InChI=1S/C10H10ClN3O3S/c1-18(15,16)5-8-13-10(17-14-8)9-6(11)3-2-4-7(9)12/h2-4H,5,12H2,1H3. The van der Waals surface area contributed by atoms with Crippen molar-refractivity contribution in [2.24, 2.45) is 0 Å². The molecule has 0 bridgehead atoms. The maximum Gasteiger partial charge on any atom is 0.261 e. The van der Waals surface area contributed by atoms with Gasteiger partial charge in [-0.05, 0) is 12.1 Å². The maximum atomic E-state index is 11.1. The average Bonchev–Trinajstić information content (AvgIpc) is 2.63. The zero-order valence-electron chi connectivity index (χ0n) is 9.42. The van der Waals surface area contributed by atoms with Gasteiger partial charge in [0.05, 0.1) is 10.6 Å². The van der Waals surface area contributed by atoms with Crippen LogP contribution in [0.4, 0.5) is 5.69 Å². The molecule has 0 atom stereocenters. The SMILES string of the molecule is CS(=O)(=O)Cc1noc(-c2c(N)cccc2Cl)n1. The lowest BCUT2D eigenvalue weighted by atomic mass is 10.2. The van der Waals surface area contributed by atoms with Gasteiger partial charge in [-0.1, -0.05) is 22.8 Å². The Balaban J connectivity index is 2.42. The van der Waals surface area contributed by atoms with E-state index in [-0.39, 0.29) is 17.5 Å². The van der Waals surface area contributed by atoms with Gasteiger partial charge in [0.1, 0.15) is 5.75 Å². The molecule has 96 valence electrons. The van der Waals surface area contributed by atoms with Crippen LogP contribution in [0, 0.1) is 0 Å². The Bertz CT molecular complexity index is 661. The van der Waals surface area contributed by atoms with Gasteiger partial charge in [-0.15, -0.1) is 0 Å². The van der Waals surface area contributed by atoms with Crippen LogP contribution in [0.3, 0.4) is 0 Å².